The lowest BCUT2D eigenvalue weighted by Crippen LogP contribution is -2.64. The van der Waals surface area contributed by atoms with Crippen LogP contribution in [-0.4, -0.2) is 161 Å². The standard InChI is InChI=1S/C52H79N13O14/c1-8-29(6)38-48(75)62-39(30(7)67)47(74)57-23-36(68)56-24-37(69)58-35(25-66)46(73)63-40(32-18-13-10-14-19-32)41(65-52(78)79-26-31-16-11-9-12-17-31)49(76)64-42(43(70)28(4)5)50(77)60-34(22-27(2)3)45(72)59-33(44(71)61-38)20-15-21-55-51(53)54/h9-14,16-19,27-30,33-35,38-43,66-67,70H,8,15,20-26H2,1-7H3,(H,56,68)(H,57,74)(H,58,69)(H,59,72)(H,60,77)(H,61,71)(H,62,75)(H,63,73)(H,64,76)(H,65,78)(H4,53,54,55)/t29-,30-,33+,34?,35?,38-,39-,40+,41-,42-,43+/m0/s1. The molecule has 2 unspecified atom stereocenters. The number of nitrogens with two attached hydrogens (primary N) is 2. The third-order valence-electron chi connectivity index (χ3n) is 12.6. The average Bonchev–Trinajstić information content (AvgIpc) is 3.41. The minimum absolute atomic E-state index is 0.00567. The molecule has 0 aromatic heterocycles. The Hall–Kier alpha value is -7.91. The van der Waals surface area contributed by atoms with Gasteiger partial charge in [0, 0.05) is 6.54 Å². The highest BCUT2D eigenvalue weighted by Crippen LogP contribution is 2.20. The van der Waals surface area contributed by atoms with Crippen LogP contribution >= 0.6 is 0 Å². The normalized spacial score (nSPS) is 24.2. The molecule has 79 heavy (non-hydrogen) atoms. The van der Waals surface area contributed by atoms with E-state index in [1.807, 2.05) is 0 Å². The number of carbonyl (C=O) groups is 10. The SMILES string of the molecule is CC[C@H](C)[C@@H]1NC(=O)[C@@H](CCCN=C(N)N)NC(=O)C(CC(C)C)NC(=O)[C@H]([C@H](O)C(C)C)NC(=O)[C@@H](NC(=O)OCc2ccccc2)[C@@H](c2ccccc2)NC(=O)C(CO)NC(=O)CNC(=O)CNC(=O)[C@H]([C@H](C)O)NC1=O. The van der Waals surface area contributed by atoms with E-state index in [1.54, 1.807) is 76.2 Å². The van der Waals surface area contributed by atoms with E-state index < -0.39 is 151 Å². The van der Waals surface area contributed by atoms with E-state index >= 15 is 0 Å². The Morgan fingerprint density at radius 3 is 1.80 bits per heavy atom. The van der Waals surface area contributed by atoms with E-state index in [9.17, 15) is 63.3 Å². The number of hydrogen-bond acceptors (Lipinski definition) is 15. The molecular formula is C52H79N13O14. The molecule has 0 saturated carbocycles. The summed E-state index contributed by atoms with van der Waals surface area (Å²) >= 11 is 0. The van der Waals surface area contributed by atoms with Crippen LogP contribution < -0.4 is 64.6 Å². The number of aliphatic hydroxyl groups is 3. The summed E-state index contributed by atoms with van der Waals surface area (Å²) in [6.45, 7) is 8.20. The lowest BCUT2D eigenvalue weighted by atomic mass is 9.94. The van der Waals surface area contributed by atoms with Gasteiger partial charge in [-0.1, -0.05) is 109 Å². The van der Waals surface area contributed by atoms with Gasteiger partial charge < -0.3 is 84.7 Å². The quantitative estimate of drug-likeness (QED) is 0.0448. The maximum Gasteiger partial charge on any atom is 0.408 e. The number of aliphatic imine (C=N–C) groups is 1. The number of guanidine groups is 1. The first-order valence-electron chi connectivity index (χ1n) is 26.1. The predicted octanol–water partition coefficient (Wildman–Crippen LogP) is -3.17. The largest absolute Gasteiger partial charge is 0.445 e. The first-order valence-corrected chi connectivity index (χ1v) is 26.1. The van der Waals surface area contributed by atoms with Gasteiger partial charge in [0.05, 0.1) is 37.9 Å². The minimum atomic E-state index is -1.91. The number of alkyl carbamates (subject to hydrolysis) is 1. The van der Waals surface area contributed by atoms with Gasteiger partial charge in [0.15, 0.2) is 5.96 Å². The summed E-state index contributed by atoms with van der Waals surface area (Å²) in [6.07, 6.45) is -4.21. The number of rotatable bonds is 16. The van der Waals surface area contributed by atoms with E-state index in [0.717, 1.165) is 0 Å². The van der Waals surface area contributed by atoms with Crippen LogP contribution in [0.15, 0.2) is 65.7 Å². The van der Waals surface area contributed by atoms with Crippen LogP contribution in [0.5, 0.6) is 0 Å². The van der Waals surface area contributed by atoms with Gasteiger partial charge in [-0.2, -0.15) is 0 Å². The number of aliphatic hydroxyl groups excluding tert-OH is 3. The fourth-order valence-electron chi connectivity index (χ4n) is 7.97. The van der Waals surface area contributed by atoms with Crippen molar-refractivity contribution in [3.8, 4) is 0 Å². The molecule has 0 aliphatic carbocycles. The summed E-state index contributed by atoms with van der Waals surface area (Å²) in [5.74, 6) is -11.0. The van der Waals surface area contributed by atoms with E-state index in [0.29, 0.717) is 12.0 Å². The summed E-state index contributed by atoms with van der Waals surface area (Å²) in [6, 6.07) is 2.99. The van der Waals surface area contributed by atoms with Crippen LogP contribution in [0, 0.1) is 17.8 Å². The van der Waals surface area contributed by atoms with Crippen molar-refractivity contribution < 1.29 is 68.0 Å². The highest BCUT2D eigenvalue weighted by Gasteiger charge is 2.41. The van der Waals surface area contributed by atoms with E-state index in [2.05, 4.69) is 58.2 Å². The maximum absolute atomic E-state index is 14.9. The molecule has 1 fully saturated rings. The zero-order valence-electron chi connectivity index (χ0n) is 45.6. The molecule has 2 aromatic carbocycles. The molecule has 27 heteroatoms. The minimum Gasteiger partial charge on any atom is -0.445 e. The summed E-state index contributed by atoms with van der Waals surface area (Å²) in [7, 11) is 0. The first kappa shape index (κ1) is 65.4. The molecular weight excluding hydrogens is 1030 g/mol. The molecule has 27 nitrogen and oxygen atoms in total. The van der Waals surface area contributed by atoms with Gasteiger partial charge in [0.1, 0.15) is 48.9 Å². The second-order valence-corrected chi connectivity index (χ2v) is 19.9. The van der Waals surface area contributed by atoms with Crippen LogP contribution in [-0.2, 0) is 54.5 Å². The Bertz CT molecular complexity index is 2410. The van der Waals surface area contributed by atoms with Crippen LogP contribution in [0.1, 0.15) is 91.3 Å². The Balaban J connectivity index is 2.24. The zero-order chi connectivity index (χ0) is 58.9. The number of nitrogens with zero attached hydrogens (tertiary/aromatic N) is 1. The summed E-state index contributed by atoms with van der Waals surface area (Å²) in [4.78, 5) is 144. The summed E-state index contributed by atoms with van der Waals surface area (Å²) in [5, 5.41) is 57.3. The van der Waals surface area contributed by atoms with Crippen molar-refractivity contribution in [2.24, 2.45) is 34.2 Å². The van der Waals surface area contributed by atoms with E-state index in [1.165, 1.54) is 32.9 Å². The second-order valence-electron chi connectivity index (χ2n) is 19.9. The number of hydrogen-bond donors (Lipinski definition) is 15. The van der Waals surface area contributed by atoms with E-state index in [4.69, 9.17) is 16.2 Å². The molecule has 11 atom stereocenters. The maximum atomic E-state index is 14.9. The van der Waals surface area contributed by atoms with Crippen molar-refractivity contribution in [2.45, 2.75) is 141 Å². The molecule has 436 valence electrons. The Morgan fingerprint density at radius 2 is 1.22 bits per heavy atom. The molecule has 1 aliphatic heterocycles. The number of carbonyl (C=O) groups excluding carboxylic acids is 10. The molecule has 0 radical (unpaired) electrons. The lowest BCUT2D eigenvalue weighted by Gasteiger charge is -2.33. The van der Waals surface area contributed by atoms with Gasteiger partial charge in [0.2, 0.25) is 53.2 Å². The molecule has 17 N–H and O–H groups in total. The Morgan fingerprint density at radius 1 is 0.658 bits per heavy atom. The Kier molecular flexibility index (Phi) is 27.1. The van der Waals surface area contributed by atoms with Crippen LogP contribution in [0.2, 0.25) is 0 Å². The van der Waals surface area contributed by atoms with Gasteiger partial charge in [-0.05, 0) is 55.1 Å². The number of benzene rings is 2. The highest BCUT2D eigenvalue weighted by molar-refractivity contribution is 5.98. The average molecular weight is 1110 g/mol. The van der Waals surface area contributed by atoms with Gasteiger partial charge in [-0.25, -0.2) is 4.79 Å². The molecule has 10 amide bonds. The van der Waals surface area contributed by atoms with Crippen LogP contribution in [0.4, 0.5) is 4.79 Å². The monoisotopic (exact) mass is 1110 g/mol. The third-order valence-corrected chi connectivity index (χ3v) is 12.6. The van der Waals surface area contributed by atoms with Gasteiger partial charge in [-0.3, -0.25) is 48.1 Å². The van der Waals surface area contributed by atoms with E-state index in [-0.39, 0.29) is 49.9 Å². The number of amides is 10. The molecule has 1 heterocycles. The van der Waals surface area contributed by atoms with Crippen molar-refractivity contribution >= 4 is 65.2 Å². The van der Waals surface area contributed by atoms with Gasteiger partial charge in [-0.15, -0.1) is 0 Å². The fraction of sp³-hybridized carbons (Fsp3) is 0.558. The van der Waals surface area contributed by atoms with Crippen molar-refractivity contribution in [1.82, 2.24) is 53.2 Å². The van der Waals surface area contributed by atoms with Crippen LogP contribution in [0.25, 0.3) is 0 Å². The lowest BCUT2D eigenvalue weighted by molar-refractivity contribution is -0.138. The second kappa shape index (κ2) is 32.7. The number of nitrogens with one attached hydrogen (secondary N) is 10. The molecule has 3 rings (SSSR count). The molecule has 0 spiro atoms. The smallest absolute Gasteiger partial charge is 0.408 e. The highest BCUT2D eigenvalue weighted by atomic mass is 16.5. The van der Waals surface area contributed by atoms with Crippen molar-refractivity contribution in [2.75, 3.05) is 26.2 Å². The van der Waals surface area contributed by atoms with Crippen molar-refractivity contribution in [1.29, 1.82) is 0 Å². The molecule has 0 bridgehead atoms. The fourth-order valence-corrected chi connectivity index (χ4v) is 7.97. The third kappa shape index (κ3) is 21.8. The zero-order valence-corrected chi connectivity index (χ0v) is 45.6. The predicted molar refractivity (Wildman–Crippen MR) is 287 cm³/mol. The Labute approximate surface area is 458 Å². The van der Waals surface area contributed by atoms with Gasteiger partial charge in [0.25, 0.3) is 0 Å². The topological polar surface area (TPSA) is 425 Å². The van der Waals surface area contributed by atoms with Gasteiger partial charge >= 0.3 is 6.09 Å². The van der Waals surface area contributed by atoms with Crippen LogP contribution in [0.3, 0.4) is 0 Å². The van der Waals surface area contributed by atoms with Crippen molar-refractivity contribution in [3.63, 3.8) is 0 Å². The number of ether oxygens (including phenoxy) is 1. The molecule has 2 aromatic rings. The molecule has 1 aliphatic rings. The first-order chi connectivity index (χ1) is 37.4. The van der Waals surface area contributed by atoms with Crippen molar-refractivity contribution in [3.05, 3.63) is 71.8 Å². The summed E-state index contributed by atoms with van der Waals surface area (Å²) in [5.41, 5.74) is 11.8. The summed E-state index contributed by atoms with van der Waals surface area (Å²) < 4.78 is 5.46. The molecule has 1 saturated heterocycles.